The van der Waals surface area contributed by atoms with Crippen LogP contribution in [-0.2, 0) is 11.3 Å². The first-order valence-corrected chi connectivity index (χ1v) is 10.5. The zero-order valence-corrected chi connectivity index (χ0v) is 18.1. The van der Waals surface area contributed by atoms with E-state index in [2.05, 4.69) is 26.7 Å². The van der Waals surface area contributed by atoms with Crippen LogP contribution in [0.25, 0.3) is 0 Å². The van der Waals surface area contributed by atoms with E-state index in [0.717, 1.165) is 26.9 Å². The lowest BCUT2D eigenvalue weighted by atomic mass is 10.1. The van der Waals surface area contributed by atoms with Crippen molar-refractivity contribution in [1.82, 2.24) is 10.3 Å². The average molecular weight is 431 g/mol. The van der Waals surface area contributed by atoms with E-state index in [-0.39, 0.29) is 11.8 Å². The second-order valence-corrected chi connectivity index (χ2v) is 8.09. The number of aromatic nitrogens is 1. The Hall–Kier alpha value is -2.51. The lowest BCUT2D eigenvalue weighted by Gasteiger charge is -2.16. The molecule has 3 rings (SSSR count). The number of fused-ring (bicyclic) bond motifs is 1. The number of amides is 1. The van der Waals surface area contributed by atoms with Gasteiger partial charge in [-0.2, -0.15) is 0 Å². The quantitative estimate of drug-likeness (QED) is 0.574. The van der Waals surface area contributed by atoms with Crippen molar-refractivity contribution in [2.24, 2.45) is 4.99 Å². The van der Waals surface area contributed by atoms with Crippen LogP contribution in [0.5, 0.6) is 0 Å². The van der Waals surface area contributed by atoms with E-state index in [1.165, 1.54) is 18.7 Å². The number of carbonyl (C=O) groups is 1. The molecule has 1 aromatic heterocycles. The molecule has 0 saturated heterocycles. The van der Waals surface area contributed by atoms with E-state index >= 15 is 0 Å². The zero-order chi connectivity index (χ0) is 20.8. The number of hydrogen-bond donors (Lipinski definition) is 2. The Morgan fingerprint density at radius 3 is 3.03 bits per heavy atom. The summed E-state index contributed by atoms with van der Waals surface area (Å²) < 4.78 is 5.84. The average Bonchev–Trinajstić information content (AvgIpc) is 3.15. The van der Waals surface area contributed by atoms with Crippen LogP contribution in [0.4, 0.5) is 11.7 Å². The molecule has 0 fully saturated rings. The van der Waals surface area contributed by atoms with E-state index in [9.17, 15) is 4.79 Å². The molecule has 6 nitrogen and oxygen atoms in total. The molecule has 0 aliphatic carbocycles. The Morgan fingerprint density at radius 1 is 1.45 bits per heavy atom. The second-order valence-electron chi connectivity index (χ2n) is 6.58. The monoisotopic (exact) mass is 430 g/mol. The zero-order valence-electron chi connectivity index (χ0n) is 16.5. The van der Waals surface area contributed by atoms with Crippen molar-refractivity contribution in [3.8, 4) is 0 Å². The Kier molecular flexibility index (Phi) is 7.17. The summed E-state index contributed by atoms with van der Waals surface area (Å²) in [7, 11) is 0. The molecule has 2 heterocycles. The molecule has 0 saturated carbocycles. The van der Waals surface area contributed by atoms with E-state index in [1.807, 2.05) is 44.2 Å². The number of benzene rings is 1. The fourth-order valence-corrected chi connectivity index (χ4v) is 3.71. The summed E-state index contributed by atoms with van der Waals surface area (Å²) in [5, 5.41) is 7.36. The van der Waals surface area contributed by atoms with Gasteiger partial charge < -0.3 is 15.1 Å². The van der Waals surface area contributed by atoms with Crippen molar-refractivity contribution in [3.63, 3.8) is 0 Å². The highest BCUT2D eigenvalue weighted by Crippen LogP contribution is 2.32. The van der Waals surface area contributed by atoms with Crippen molar-refractivity contribution in [2.75, 3.05) is 5.32 Å². The molecule has 1 atom stereocenters. The van der Waals surface area contributed by atoms with Gasteiger partial charge in [-0.05, 0) is 24.6 Å². The molecule has 0 bridgehead atoms. The lowest BCUT2D eigenvalue weighted by Crippen LogP contribution is -2.26. The van der Waals surface area contributed by atoms with E-state index < -0.39 is 0 Å². The molecule has 2 N–H and O–H groups in total. The van der Waals surface area contributed by atoms with Gasteiger partial charge in [0.25, 0.3) is 6.01 Å². The lowest BCUT2D eigenvalue weighted by molar-refractivity contribution is -0.117. The van der Waals surface area contributed by atoms with E-state index in [1.54, 1.807) is 6.20 Å². The molecule has 2 aromatic rings. The number of thioether (sulfide) groups is 1. The molecule has 1 unspecified atom stereocenters. The first kappa shape index (κ1) is 21.2. The van der Waals surface area contributed by atoms with Gasteiger partial charge in [0.2, 0.25) is 5.91 Å². The fourth-order valence-electron chi connectivity index (χ4n) is 2.64. The van der Waals surface area contributed by atoms with Crippen molar-refractivity contribution >= 4 is 46.1 Å². The molecule has 29 heavy (non-hydrogen) atoms. The van der Waals surface area contributed by atoms with Crippen LogP contribution in [0.2, 0.25) is 0 Å². The number of allylic oxidation sites excluding steroid dienone is 4. The van der Waals surface area contributed by atoms with E-state index in [4.69, 9.17) is 16.0 Å². The summed E-state index contributed by atoms with van der Waals surface area (Å²) in [4.78, 5) is 21.0. The van der Waals surface area contributed by atoms with Gasteiger partial charge in [-0.1, -0.05) is 54.6 Å². The highest BCUT2D eigenvalue weighted by Gasteiger charge is 2.16. The number of nitrogens with zero attached hydrogens (tertiary/aromatic N) is 2. The van der Waals surface area contributed by atoms with Crippen molar-refractivity contribution in [2.45, 2.75) is 44.6 Å². The largest absolute Gasteiger partial charge is 0.428 e. The van der Waals surface area contributed by atoms with Crippen LogP contribution in [0.3, 0.4) is 0 Å². The molecule has 152 valence electrons. The number of halogens is 1. The second kappa shape index (κ2) is 9.80. The Morgan fingerprint density at radius 2 is 2.28 bits per heavy atom. The highest BCUT2D eigenvalue weighted by molar-refractivity contribution is 8.14. The fraction of sp³-hybridized carbons (Fsp3) is 0.286. The predicted octanol–water partition coefficient (Wildman–Crippen LogP) is 5.71. The standard InChI is InChI=1S/C21H23ClN4O2S/c1-4-16(22)7-5-6-13(2)18-12-23-20(28-18)26-17-9-8-15-11-24-21(25-14(3)27)29-19(15)10-17/h4-6,8-10,12-13H,7,11H2,1-3H3,(H,23,26)(H,24,25,27)/b6-5-,16-4+. The molecule has 1 aliphatic rings. The normalized spacial score (nSPS) is 15.0. The number of hydrogen-bond acceptors (Lipinski definition) is 6. The minimum absolute atomic E-state index is 0.0925. The summed E-state index contributed by atoms with van der Waals surface area (Å²) in [6, 6.07) is 6.41. The Labute approximate surface area is 179 Å². The van der Waals surface area contributed by atoms with Gasteiger partial charge in [0.05, 0.1) is 12.7 Å². The number of carbonyl (C=O) groups excluding carboxylic acids is 1. The van der Waals surface area contributed by atoms with Crippen LogP contribution < -0.4 is 10.6 Å². The Bertz CT molecular complexity index is 981. The highest BCUT2D eigenvalue weighted by atomic mass is 35.5. The first-order valence-electron chi connectivity index (χ1n) is 9.27. The minimum atomic E-state index is -0.127. The van der Waals surface area contributed by atoms with Gasteiger partial charge in [-0.15, -0.1) is 0 Å². The van der Waals surface area contributed by atoms with Gasteiger partial charge in [0, 0.05) is 34.9 Å². The predicted molar refractivity (Wildman–Crippen MR) is 119 cm³/mol. The SMILES string of the molecule is C/C=C(/Cl)C/C=C\C(C)c1cnc(Nc2ccc3c(c2)SC(NC(C)=O)=NC3)o1. The maximum atomic E-state index is 11.3. The molecule has 1 amide bonds. The number of anilines is 2. The molecule has 0 radical (unpaired) electrons. The third-order valence-electron chi connectivity index (χ3n) is 4.22. The third-order valence-corrected chi connectivity index (χ3v) is 5.62. The number of rotatable bonds is 6. The van der Waals surface area contributed by atoms with Gasteiger partial charge in [0.15, 0.2) is 5.17 Å². The van der Waals surface area contributed by atoms with Gasteiger partial charge in [0.1, 0.15) is 5.76 Å². The smallest absolute Gasteiger partial charge is 0.299 e. The third kappa shape index (κ3) is 5.98. The topological polar surface area (TPSA) is 79.5 Å². The minimum Gasteiger partial charge on any atom is -0.428 e. The van der Waals surface area contributed by atoms with Crippen molar-refractivity contribution in [1.29, 1.82) is 0 Å². The summed E-state index contributed by atoms with van der Waals surface area (Å²) in [6.45, 7) is 5.98. The van der Waals surface area contributed by atoms with Crippen molar-refractivity contribution in [3.05, 3.63) is 59.0 Å². The molecular weight excluding hydrogens is 408 g/mol. The van der Waals surface area contributed by atoms with E-state index in [0.29, 0.717) is 24.1 Å². The van der Waals surface area contributed by atoms with Crippen LogP contribution >= 0.6 is 23.4 Å². The molecule has 0 spiro atoms. The molecule has 8 heteroatoms. The Balaban J connectivity index is 1.64. The van der Waals surface area contributed by atoms with Crippen LogP contribution in [-0.4, -0.2) is 16.1 Å². The summed E-state index contributed by atoms with van der Waals surface area (Å²) in [5.74, 6) is 0.736. The molecular formula is C21H23ClN4O2S. The number of aliphatic imine (C=N–C) groups is 1. The maximum Gasteiger partial charge on any atom is 0.299 e. The molecule has 1 aliphatic heterocycles. The summed E-state index contributed by atoms with van der Waals surface area (Å²) >= 11 is 7.44. The summed E-state index contributed by atoms with van der Waals surface area (Å²) in [5.41, 5.74) is 1.97. The van der Waals surface area contributed by atoms with Crippen LogP contribution in [0.1, 0.15) is 44.4 Å². The van der Waals surface area contributed by atoms with Crippen molar-refractivity contribution < 1.29 is 9.21 Å². The summed E-state index contributed by atoms with van der Waals surface area (Å²) in [6.07, 6.45) is 8.39. The number of oxazole rings is 1. The number of nitrogens with one attached hydrogen (secondary N) is 2. The van der Waals surface area contributed by atoms with Crippen LogP contribution in [0.15, 0.2) is 62.0 Å². The van der Waals surface area contributed by atoms with Crippen LogP contribution in [0, 0.1) is 0 Å². The molecule has 1 aromatic carbocycles. The van der Waals surface area contributed by atoms with Gasteiger partial charge >= 0.3 is 0 Å². The maximum absolute atomic E-state index is 11.3. The van der Waals surface area contributed by atoms with Gasteiger partial charge in [-0.25, -0.2) is 4.98 Å². The number of amidine groups is 1. The first-order chi connectivity index (χ1) is 13.9. The van der Waals surface area contributed by atoms with Gasteiger partial charge in [-0.3, -0.25) is 9.79 Å².